The first-order valence-corrected chi connectivity index (χ1v) is 7.64. The molecule has 0 saturated carbocycles. The highest BCUT2D eigenvalue weighted by molar-refractivity contribution is 14.1. The zero-order valence-electron chi connectivity index (χ0n) is 12.8. The molecule has 0 aliphatic carbocycles. The molecule has 6 nitrogen and oxygen atoms in total. The minimum Gasteiger partial charge on any atom is -0.369 e. The normalized spacial score (nSPS) is 12.1. The van der Waals surface area contributed by atoms with Gasteiger partial charge in [-0.3, -0.25) is 0 Å². The van der Waals surface area contributed by atoms with Gasteiger partial charge in [0.1, 0.15) is 0 Å². The Morgan fingerprint density at radius 1 is 1.24 bits per heavy atom. The van der Waals surface area contributed by atoms with Crippen molar-refractivity contribution in [3.05, 3.63) is 16.0 Å². The Kier molecular flexibility index (Phi) is 4.60. The Hall–Kier alpha value is -1.51. The summed E-state index contributed by atoms with van der Waals surface area (Å²) in [5.74, 6) is 1.24. The number of nitrogens with zero attached hydrogens (tertiary/aromatic N) is 5. The molecule has 0 atom stereocenters. The second-order valence-corrected chi connectivity index (χ2v) is 7.13. The topological polar surface area (TPSA) is 66.3 Å². The standard InChI is InChI=1S/C14H19IN6/c1-14(2,3)20-13-17-6-9-11(19-13)10(15)7-16-12(9)18-8-21(4)5/h6-8H,1-5H3,(H,17,19,20). The molecule has 2 rings (SSSR count). The molecule has 1 N–H and O–H groups in total. The van der Waals surface area contributed by atoms with Gasteiger partial charge >= 0.3 is 0 Å². The quantitative estimate of drug-likeness (QED) is 0.489. The van der Waals surface area contributed by atoms with E-state index in [1.54, 1.807) is 18.7 Å². The number of aromatic nitrogens is 3. The lowest BCUT2D eigenvalue weighted by atomic mass is 10.1. The van der Waals surface area contributed by atoms with Gasteiger partial charge in [0.05, 0.1) is 20.8 Å². The van der Waals surface area contributed by atoms with Gasteiger partial charge in [-0.25, -0.2) is 19.9 Å². The van der Waals surface area contributed by atoms with E-state index in [0.717, 1.165) is 14.5 Å². The van der Waals surface area contributed by atoms with Crippen LogP contribution in [0.25, 0.3) is 10.9 Å². The molecule has 2 aromatic heterocycles. The maximum absolute atomic E-state index is 4.59. The van der Waals surface area contributed by atoms with Gasteiger partial charge in [0, 0.05) is 32.0 Å². The Labute approximate surface area is 138 Å². The molecule has 0 aromatic carbocycles. The van der Waals surface area contributed by atoms with Gasteiger partial charge in [-0.05, 0) is 43.4 Å². The summed E-state index contributed by atoms with van der Waals surface area (Å²) >= 11 is 2.23. The summed E-state index contributed by atoms with van der Waals surface area (Å²) in [4.78, 5) is 19.5. The van der Waals surface area contributed by atoms with Crippen molar-refractivity contribution < 1.29 is 0 Å². The molecule has 0 saturated heterocycles. The van der Waals surface area contributed by atoms with Crippen molar-refractivity contribution in [1.82, 2.24) is 19.9 Å². The van der Waals surface area contributed by atoms with E-state index in [9.17, 15) is 0 Å². The number of nitrogens with one attached hydrogen (secondary N) is 1. The summed E-state index contributed by atoms with van der Waals surface area (Å²) in [5.41, 5.74) is 0.774. The number of rotatable bonds is 3. The molecule has 0 aliphatic rings. The highest BCUT2D eigenvalue weighted by Gasteiger charge is 2.13. The number of aliphatic imine (C=N–C) groups is 1. The highest BCUT2D eigenvalue weighted by Crippen LogP contribution is 2.26. The Morgan fingerprint density at radius 2 is 1.95 bits per heavy atom. The molecule has 112 valence electrons. The van der Waals surface area contributed by atoms with Crippen LogP contribution in [-0.2, 0) is 0 Å². The molecule has 0 aliphatic heterocycles. The zero-order chi connectivity index (χ0) is 15.6. The van der Waals surface area contributed by atoms with E-state index in [4.69, 9.17) is 0 Å². The van der Waals surface area contributed by atoms with Crippen LogP contribution in [0.2, 0.25) is 0 Å². The largest absolute Gasteiger partial charge is 0.369 e. The van der Waals surface area contributed by atoms with Crippen molar-refractivity contribution in [3.63, 3.8) is 0 Å². The van der Waals surface area contributed by atoms with Gasteiger partial charge in [-0.1, -0.05) is 0 Å². The summed E-state index contributed by atoms with van der Waals surface area (Å²) in [6, 6.07) is 0. The third kappa shape index (κ3) is 4.23. The van der Waals surface area contributed by atoms with Crippen LogP contribution in [-0.4, -0.2) is 45.8 Å². The number of hydrogen-bond donors (Lipinski definition) is 1. The maximum Gasteiger partial charge on any atom is 0.223 e. The zero-order valence-corrected chi connectivity index (χ0v) is 15.0. The number of pyridine rings is 1. The van der Waals surface area contributed by atoms with E-state index < -0.39 is 0 Å². The Balaban J connectivity index is 2.50. The summed E-state index contributed by atoms with van der Waals surface area (Å²) in [7, 11) is 3.83. The van der Waals surface area contributed by atoms with Gasteiger partial charge in [0.2, 0.25) is 5.95 Å². The Bertz CT molecular complexity index is 675. The van der Waals surface area contributed by atoms with Crippen molar-refractivity contribution >= 4 is 51.6 Å². The van der Waals surface area contributed by atoms with Crippen LogP contribution in [0.15, 0.2) is 17.4 Å². The number of anilines is 1. The number of hydrogen-bond acceptors (Lipinski definition) is 5. The van der Waals surface area contributed by atoms with Crippen molar-refractivity contribution in [1.29, 1.82) is 0 Å². The summed E-state index contributed by atoms with van der Waals surface area (Å²) in [6.07, 6.45) is 5.27. The predicted octanol–water partition coefficient (Wildman–Crippen LogP) is 3.06. The molecule has 0 spiro atoms. The van der Waals surface area contributed by atoms with Crippen molar-refractivity contribution in [2.45, 2.75) is 26.3 Å². The van der Waals surface area contributed by atoms with Crippen LogP contribution in [0, 0.1) is 3.57 Å². The summed E-state index contributed by atoms with van der Waals surface area (Å²) in [5, 5.41) is 4.12. The first-order chi connectivity index (χ1) is 9.76. The van der Waals surface area contributed by atoms with Gasteiger partial charge in [0.15, 0.2) is 5.82 Å². The van der Waals surface area contributed by atoms with Crippen LogP contribution >= 0.6 is 22.6 Å². The van der Waals surface area contributed by atoms with E-state index in [-0.39, 0.29) is 5.54 Å². The molecule has 0 bridgehead atoms. The van der Waals surface area contributed by atoms with E-state index >= 15 is 0 Å². The monoisotopic (exact) mass is 398 g/mol. The SMILES string of the molecule is CN(C)C=Nc1ncc(I)c2nc(NC(C)(C)C)ncc12. The third-order valence-corrected chi connectivity index (χ3v) is 3.24. The molecule has 2 aromatic rings. The fourth-order valence-electron chi connectivity index (χ4n) is 1.64. The van der Waals surface area contributed by atoms with Gasteiger partial charge < -0.3 is 10.2 Å². The van der Waals surface area contributed by atoms with Gasteiger partial charge in [0.25, 0.3) is 0 Å². The minimum absolute atomic E-state index is 0.0853. The van der Waals surface area contributed by atoms with Crippen molar-refractivity contribution in [3.8, 4) is 0 Å². The van der Waals surface area contributed by atoms with Crippen LogP contribution in [0.1, 0.15) is 20.8 Å². The first-order valence-electron chi connectivity index (χ1n) is 6.56. The highest BCUT2D eigenvalue weighted by atomic mass is 127. The average molecular weight is 398 g/mol. The first kappa shape index (κ1) is 15.9. The van der Waals surface area contributed by atoms with E-state index in [2.05, 4.69) is 68.6 Å². The smallest absolute Gasteiger partial charge is 0.223 e. The molecule has 2 heterocycles. The van der Waals surface area contributed by atoms with Crippen molar-refractivity contribution in [2.24, 2.45) is 4.99 Å². The van der Waals surface area contributed by atoms with Crippen LogP contribution in [0.3, 0.4) is 0 Å². The fourth-order valence-corrected chi connectivity index (χ4v) is 2.20. The molecule has 0 fully saturated rings. The Morgan fingerprint density at radius 3 is 2.57 bits per heavy atom. The lowest BCUT2D eigenvalue weighted by Crippen LogP contribution is -2.27. The molecular weight excluding hydrogens is 379 g/mol. The van der Waals surface area contributed by atoms with E-state index in [1.807, 2.05) is 19.0 Å². The summed E-state index contributed by atoms with van der Waals surface area (Å²) < 4.78 is 0.978. The number of halogens is 1. The van der Waals surface area contributed by atoms with Crippen LogP contribution in [0.4, 0.5) is 11.8 Å². The summed E-state index contributed by atoms with van der Waals surface area (Å²) in [6.45, 7) is 6.22. The molecule has 0 amide bonds. The molecule has 7 heteroatoms. The second kappa shape index (κ2) is 6.08. The lowest BCUT2D eigenvalue weighted by Gasteiger charge is -2.20. The van der Waals surface area contributed by atoms with Crippen LogP contribution < -0.4 is 5.32 Å². The maximum atomic E-state index is 4.59. The fraction of sp³-hybridized carbons (Fsp3) is 0.429. The molecule has 0 radical (unpaired) electrons. The molecular formula is C14H19IN6. The third-order valence-electron chi connectivity index (χ3n) is 2.45. The van der Waals surface area contributed by atoms with Crippen molar-refractivity contribution in [2.75, 3.05) is 19.4 Å². The predicted molar refractivity (Wildman–Crippen MR) is 95.3 cm³/mol. The van der Waals surface area contributed by atoms with Crippen LogP contribution in [0.5, 0.6) is 0 Å². The number of fused-ring (bicyclic) bond motifs is 1. The minimum atomic E-state index is -0.0853. The molecule has 21 heavy (non-hydrogen) atoms. The lowest BCUT2D eigenvalue weighted by molar-refractivity contribution is 0.626. The average Bonchev–Trinajstić information content (AvgIpc) is 2.36. The second-order valence-electron chi connectivity index (χ2n) is 5.97. The van der Waals surface area contributed by atoms with E-state index in [1.165, 1.54) is 0 Å². The van der Waals surface area contributed by atoms with E-state index in [0.29, 0.717) is 11.8 Å². The van der Waals surface area contributed by atoms with Gasteiger partial charge in [-0.2, -0.15) is 0 Å². The van der Waals surface area contributed by atoms with Gasteiger partial charge in [-0.15, -0.1) is 0 Å². The molecule has 0 unspecified atom stereocenters.